The number of halogens is 1. The Kier molecular flexibility index (Phi) is 4.20. The van der Waals surface area contributed by atoms with E-state index < -0.39 is 0 Å². The number of hydrogen-bond acceptors (Lipinski definition) is 7. The number of nitrogens with zero attached hydrogens (tertiary/aromatic N) is 8. The van der Waals surface area contributed by atoms with Gasteiger partial charge in [-0.05, 0) is 18.6 Å². The molecule has 1 aliphatic rings. The zero-order chi connectivity index (χ0) is 20.8. The molecule has 0 spiro atoms. The number of imidazole rings is 2. The van der Waals surface area contributed by atoms with Crippen LogP contribution in [0.2, 0.25) is 5.02 Å². The van der Waals surface area contributed by atoms with E-state index in [0.29, 0.717) is 16.8 Å². The lowest BCUT2D eigenvalue weighted by molar-refractivity contribution is 0.789. The minimum absolute atomic E-state index is 0.186. The molecule has 1 atom stereocenters. The maximum absolute atomic E-state index is 6.43. The van der Waals surface area contributed by atoms with Crippen LogP contribution in [-0.4, -0.2) is 53.0 Å². The normalized spacial score (nSPS) is 16.4. The van der Waals surface area contributed by atoms with Crippen LogP contribution in [0.5, 0.6) is 0 Å². The molecule has 1 aliphatic heterocycles. The molecular weight excluding hydrogens is 414 g/mol. The van der Waals surface area contributed by atoms with E-state index in [0.717, 1.165) is 42.0 Å². The van der Waals surface area contributed by atoms with Crippen molar-refractivity contribution in [3.8, 4) is 5.82 Å². The number of hydrogen-bond donors (Lipinski definition) is 1. The second-order valence-electron chi connectivity index (χ2n) is 7.45. The van der Waals surface area contributed by atoms with Gasteiger partial charge in [0.05, 0.1) is 17.2 Å². The molecule has 5 heterocycles. The highest BCUT2D eigenvalue weighted by Gasteiger charge is 2.26. The number of fused-ring (bicyclic) bond motifs is 2. The van der Waals surface area contributed by atoms with E-state index in [4.69, 9.17) is 11.6 Å². The van der Waals surface area contributed by atoms with Gasteiger partial charge in [-0.1, -0.05) is 23.7 Å². The quantitative estimate of drug-likeness (QED) is 0.467. The largest absolute Gasteiger partial charge is 0.351 e. The highest BCUT2D eigenvalue weighted by molar-refractivity contribution is 6.32. The predicted molar refractivity (Wildman–Crippen MR) is 119 cm³/mol. The van der Waals surface area contributed by atoms with Gasteiger partial charge in [0.25, 0.3) is 0 Å². The summed E-state index contributed by atoms with van der Waals surface area (Å²) in [7, 11) is 0. The second-order valence-corrected chi connectivity index (χ2v) is 7.86. The molecule has 0 aliphatic carbocycles. The second kappa shape index (κ2) is 7.21. The Morgan fingerprint density at radius 2 is 1.87 bits per heavy atom. The molecule has 1 aromatic carbocycles. The third-order valence-corrected chi connectivity index (χ3v) is 5.79. The van der Waals surface area contributed by atoms with E-state index in [9.17, 15) is 0 Å². The molecule has 5 aromatic rings. The lowest BCUT2D eigenvalue weighted by Crippen LogP contribution is -2.27. The van der Waals surface area contributed by atoms with Crippen LogP contribution in [0, 0.1) is 0 Å². The molecule has 0 bridgehead atoms. The van der Waals surface area contributed by atoms with E-state index in [2.05, 4.69) is 35.1 Å². The molecule has 1 fully saturated rings. The molecule has 1 saturated heterocycles. The highest BCUT2D eigenvalue weighted by Crippen LogP contribution is 2.26. The number of anilines is 2. The SMILES string of the molecule is Clc1cnc(NC2CCN(c3nccn4ccnc34)C2)nc1-n1cnc2ccccc21. The van der Waals surface area contributed by atoms with Crippen molar-refractivity contribution in [3.05, 3.63) is 66.6 Å². The minimum Gasteiger partial charge on any atom is -0.351 e. The number of nitrogens with one attached hydrogen (secondary N) is 1. The Balaban J connectivity index is 1.25. The zero-order valence-electron chi connectivity index (χ0n) is 16.4. The monoisotopic (exact) mass is 431 g/mol. The van der Waals surface area contributed by atoms with Crippen molar-refractivity contribution >= 4 is 40.0 Å². The topological polar surface area (TPSA) is 89.1 Å². The van der Waals surface area contributed by atoms with Gasteiger partial charge >= 0.3 is 0 Å². The Morgan fingerprint density at radius 3 is 2.81 bits per heavy atom. The highest BCUT2D eigenvalue weighted by atomic mass is 35.5. The van der Waals surface area contributed by atoms with Crippen molar-refractivity contribution in [3.63, 3.8) is 0 Å². The molecule has 10 heteroatoms. The zero-order valence-corrected chi connectivity index (χ0v) is 17.2. The first-order chi connectivity index (χ1) is 15.3. The van der Waals surface area contributed by atoms with Gasteiger partial charge in [0, 0.05) is 43.9 Å². The predicted octanol–water partition coefficient (Wildman–Crippen LogP) is 3.20. The first-order valence-corrected chi connectivity index (χ1v) is 10.4. The molecule has 9 nitrogen and oxygen atoms in total. The van der Waals surface area contributed by atoms with Gasteiger partial charge in [-0.3, -0.25) is 4.57 Å². The lowest BCUT2D eigenvalue weighted by atomic mass is 10.3. The Labute approximate surface area is 182 Å². The Morgan fingerprint density at radius 1 is 1.00 bits per heavy atom. The van der Waals surface area contributed by atoms with Gasteiger partial charge in [-0.2, -0.15) is 4.98 Å². The summed E-state index contributed by atoms with van der Waals surface area (Å²) < 4.78 is 3.86. The molecule has 0 saturated carbocycles. The maximum Gasteiger partial charge on any atom is 0.225 e. The smallest absolute Gasteiger partial charge is 0.225 e. The average molecular weight is 432 g/mol. The summed E-state index contributed by atoms with van der Waals surface area (Å²) in [6, 6.07) is 8.06. The third kappa shape index (κ3) is 3.14. The first-order valence-electron chi connectivity index (χ1n) is 10.0. The Hall–Kier alpha value is -3.72. The van der Waals surface area contributed by atoms with Gasteiger partial charge in [-0.25, -0.2) is 19.9 Å². The van der Waals surface area contributed by atoms with Crippen molar-refractivity contribution in [2.75, 3.05) is 23.3 Å². The van der Waals surface area contributed by atoms with E-state index >= 15 is 0 Å². The summed E-state index contributed by atoms with van der Waals surface area (Å²) in [4.78, 5) is 24.7. The summed E-state index contributed by atoms with van der Waals surface area (Å²) in [5, 5.41) is 3.92. The fourth-order valence-corrected chi connectivity index (χ4v) is 4.22. The van der Waals surface area contributed by atoms with Crippen molar-refractivity contribution < 1.29 is 0 Å². The van der Waals surface area contributed by atoms with Crippen LogP contribution in [0.25, 0.3) is 22.5 Å². The lowest BCUT2D eigenvalue weighted by Gasteiger charge is -2.18. The van der Waals surface area contributed by atoms with E-state index in [-0.39, 0.29) is 6.04 Å². The summed E-state index contributed by atoms with van der Waals surface area (Å²) in [6.07, 6.45) is 11.7. The minimum atomic E-state index is 0.186. The molecule has 4 aromatic heterocycles. The molecule has 31 heavy (non-hydrogen) atoms. The van der Waals surface area contributed by atoms with E-state index in [1.54, 1.807) is 24.9 Å². The van der Waals surface area contributed by atoms with Crippen LogP contribution < -0.4 is 10.2 Å². The van der Waals surface area contributed by atoms with Crippen LogP contribution in [0.15, 0.2) is 61.6 Å². The number of aromatic nitrogens is 7. The molecule has 154 valence electrons. The van der Waals surface area contributed by atoms with Crippen LogP contribution in [0.1, 0.15) is 6.42 Å². The maximum atomic E-state index is 6.43. The fourth-order valence-electron chi connectivity index (χ4n) is 4.04. The standard InChI is InChI=1S/C21H18ClN9/c22-15-11-25-21(28-18(15)31-13-26-16-3-1-2-4-17(16)31)27-14-5-8-30(12-14)20-19-23-6-9-29(19)10-7-24-20/h1-4,6-7,9-11,13-14H,5,8,12H2,(H,25,27,28). The van der Waals surface area contributed by atoms with Gasteiger partial charge < -0.3 is 14.6 Å². The molecule has 1 unspecified atom stereocenters. The van der Waals surface area contributed by atoms with Crippen LogP contribution in [-0.2, 0) is 0 Å². The number of rotatable bonds is 4. The van der Waals surface area contributed by atoms with E-state index in [1.807, 2.05) is 45.6 Å². The first kappa shape index (κ1) is 18.1. The van der Waals surface area contributed by atoms with Crippen LogP contribution in [0.4, 0.5) is 11.8 Å². The summed E-state index contributed by atoms with van der Waals surface area (Å²) in [6.45, 7) is 1.67. The Bertz CT molecular complexity index is 1390. The molecule has 0 radical (unpaired) electrons. The van der Waals surface area contributed by atoms with Crippen LogP contribution in [0.3, 0.4) is 0 Å². The summed E-state index contributed by atoms with van der Waals surface area (Å²) in [5.74, 6) is 2.03. The summed E-state index contributed by atoms with van der Waals surface area (Å²) >= 11 is 6.43. The van der Waals surface area contributed by atoms with Crippen LogP contribution >= 0.6 is 11.6 Å². The average Bonchev–Trinajstić information content (AvgIpc) is 3.54. The van der Waals surface area contributed by atoms with Gasteiger partial charge in [-0.15, -0.1) is 0 Å². The number of para-hydroxylation sites is 2. The molecule has 0 amide bonds. The van der Waals surface area contributed by atoms with E-state index in [1.165, 1.54) is 0 Å². The fraction of sp³-hybridized carbons (Fsp3) is 0.190. The van der Waals surface area contributed by atoms with Gasteiger partial charge in [0.2, 0.25) is 5.95 Å². The number of benzene rings is 1. The third-order valence-electron chi connectivity index (χ3n) is 5.52. The van der Waals surface area contributed by atoms with Crippen molar-refractivity contribution in [1.82, 2.24) is 33.9 Å². The van der Waals surface area contributed by atoms with Crippen molar-refractivity contribution in [2.45, 2.75) is 12.5 Å². The molecule has 1 N–H and O–H groups in total. The van der Waals surface area contributed by atoms with Gasteiger partial charge in [0.1, 0.15) is 11.3 Å². The summed E-state index contributed by atoms with van der Waals surface area (Å²) in [5.41, 5.74) is 2.69. The van der Waals surface area contributed by atoms with Crippen molar-refractivity contribution in [2.24, 2.45) is 0 Å². The molecule has 6 rings (SSSR count). The van der Waals surface area contributed by atoms with Gasteiger partial charge in [0.15, 0.2) is 17.3 Å². The van der Waals surface area contributed by atoms with Crippen molar-refractivity contribution in [1.29, 1.82) is 0 Å². The molecular formula is C21H18ClN9.